The summed E-state index contributed by atoms with van der Waals surface area (Å²) in [6, 6.07) is 2.11. The number of aryl methyl sites for hydroxylation is 2. The Bertz CT molecular complexity index is 285. The summed E-state index contributed by atoms with van der Waals surface area (Å²) >= 11 is 0. The molecule has 0 aliphatic rings. The van der Waals surface area contributed by atoms with Crippen LogP contribution in [0, 0.1) is 13.8 Å². The van der Waals surface area contributed by atoms with Gasteiger partial charge in [-0.15, -0.1) is 0 Å². The number of aromatic nitrogens is 2. The van der Waals surface area contributed by atoms with Gasteiger partial charge in [0.15, 0.2) is 0 Å². The lowest BCUT2D eigenvalue weighted by Gasteiger charge is -2.20. The number of rotatable bonds is 0. The topological polar surface area (TPSA) is 25.8 Å². The van der Waals surface area contributed by atoms with Crippen molar-refractivity contribution in [2.75, 3.05) is 0 Å². The third-order valence-electron chi connectivity index (χ3n) is 1.91. The zero-order chi connectivity index (χ0) is 11.4. The summed E-state index contributed by atoms with van der Waals surface area (Å²) in [6.45, 7) is 14.6. The molecule has 0 atom stereocenters. The normalized spacial score (nSPS) is 10.5. The molecule has 0 saturated heterocycles. The van der Waals surface area contributed by atoms with Crippen LogP contribution in [0.25, 0.3) is 0 Å². The minimum absolute atomic E-state index is 0.171. The smallest absolute Gasteiger partial charge is 0.0637 e. The van der Waals surface area contributed by atoms with Crippen molar-refractivity contribution >= 4 is 0 Å². The third kappa shape index (κ3) is 3.44. The van der Waals surface area contributed by atoms with Gasteiger partial charge >= 0.3 is 0 Å². The van der Waals surface area contributed by atoms with Gasteiger partial charge < -0.3 is 0 Å². The van der Waals surface area contributed by atoms with E-state index < -0.39 is 0 Å². The highest BCUT2D eigenvalue weighted by Gasteiger charge is 2.17. The first-order valence-corrected chi connectivity index (χ1v) is 5.22. The average molecular weight is 194 g/mol. The van der Waals surface area contributed by atoms with E-state index in [2.05, 4.69) is 37.0 Å². The molecule has 0 aliphatic carbocycles. The highest BCUT2D eigenvalue weighted by Crippen LogP contribution is 2.23. The molecule has 80 valence electrons. The molecule has 0 radical (unpaired) electrons. The van der Waals surface area contributed by atoms with Crippen LogP contribution < -0.4 is 0 Å². The van der Waals surface area contributed by atoms with E-state index in [1.807, 2.05) is 27.7 Å². The van der Waals surface area contributed by atoms with Crippen molar-refractivity contribution < 1.29 is 0 Å². The molecule has 1 aromatic rings. The van der Waals surface area contributed by atoms with Gasteiger partial charge in [0.1, 0.15) is 0 Å². The minimum Gasteiger partial charge on any atom is -0.156 e. The summed E-state index contributed by atoms with van der Waals surface area (Å²) in [4.78, 5) is 0. The van der Waals surface area contributed by atoms with Gasteiger partial charge in [-0.05, 0) is 30.9 Å². The second kappa shape index (κ2) is 5.08. The van der Waals surface area contributed by atoms with E-state index in [1.165, 1.54) is 5.56 Å². The standard InChI is InChI=1S/C10H16N2.C2H6/c1-7-6-9(10(3,4)5)8(2)12-11-7;1-2/h6H,1-5H3;1-2H3. The first-order chi connectivity index (χ1) is 6.41. The van der Waals surface area contributed by atoms with Gasteiger partial charge in [0.25, 0.3) is 0 Å². The van der Waals surface area contributed by atoms with Crippen molar-refractivity contribution in [1.29, 1.82) is 0 Å². The second-order valence-electron chi connectivity index (χ2n) is 4.23. The lowest BCUT2D eigenvalue weighted by Crippen LogP contribution is -2.15. The van der Waals surface area contributed by atoms with Crippen LogP contribution in [-0.2, 0) is 5.41 Å². The van der Waals surface area contributed by atoms with Crippen molar-refractivity contribution in [3.05, 3.63) is 23.0 Å². The van der Waals surface area contributed by atoms with E-state index in [-0.39, 0.29) is 5.41 Å². The average Bonchev–Trinajstić information content (AvgIpc) is 2.11. The molecule has 0 aromatic carbocycles. The first-order valence-electron chi connectivity index (χ1n) is 5.22. The molecule has 1 heterocycles. The van der Waals surface area contributed by atoms with E-state index in [4.69, 9.17) is 0 Å². The van der Waals surface area contributed by atoms with Gasteiger partial charge in [0.05, 0.1) is 11.4 Å². The molecule has 1 aromatic heterocycles. The molecule has 0 N–H and O–H groups in total. The van der Waals surface area contributed by atoms with Crippen LogP contribution in [0.5, 0.6) is 0 Å². The van der Waals surface area contributed by atoms with Crippen molar-refractivity contribution in [3.8, 4) is 0 Å². The maximum atomic E-state index is 4.10. The van der Waals surface area contributed by atoms with Crippen molar-refractivity contribution in [1.82, 2.24) is 10.2 Å². The number of hydrogen-bond acceptors (Lipinski definition) is 2. The van der Waals surface area contributed by atoms with Crippen LogP contribution in [0.15, 0.2) is 6.07 Å². The van der Waals surface area contributed by atoms with Crippen LogP contribution in [0.2, 0.25) is 0 Å². The Morgan fingerprint density at radius 1 is 1.00 bits per heavy atom. The van der Waals surface area contributed by atoms with E-state index >= 15 is 0 Å². The van der Waals surface area contributed by atoms with Gasteiger partial charge in [-0.25, -0.2) is 0 Å². The summed E-state index contributed by atoms with van der Waals surface area (Å²) in [5.41, 5.74) is 3.48. The molecular formula is C12H22N2. The summed E-state index contributed by atoms with van der Waals surface area (Å²) in [5, 5.41) is 8.10. The third-order valence-corrected chi connectivity index (χ3v) is 1.91. The molecule has 2 heteroatoms. The highest BCUT2D eigenvalue weighted by atomic mass is 15.1. The van der Waals surface area contributed by atoms with Gasteiger partial charge in [-0.1, -0.05) is 34.6 Å². The quantitative estimate of drug-likeness (QED) is 0.632. The monoisotopic (exact) mass is 194 g/mol. The molecule has 0 amide bonds. The van der Waals surface area contributed by atoms with E-state index in [9.17, 15) is 0 Å². The molecule has 14 heavy (non-hydrogen) atoms. The number of hydrogen-bond donors (Lipinski definition) is 0. The highest BCUT2D eigenvalue weighted by molar-refractivity contribution is 5.26. The maximum absolute atomic E-state index is 4.10. The predicted octanol–water partition coefficient (Wildman–Crippen LogP) is 3.42. The molecule has 0 spiro atoms. The van der Waals surface area contributed by atoms with Crippen LogP contribution in [0.4, 0.5) is 0 Å². The molecule has 0 unspecified atom stereocenters. The summed E-state index contributed by atoms with van der Waals surface area (Å²) in [7, 11) is 0. The molecule has 0 saturated carbocycles. The fraction of sp³-hybridized carbons (Fsp3) is 0.667. The molecule has 0 bridgehead atoms. The van der Waals surface area contributed by atoms with E-state index in [0.717, 1.165) is 11.4 Å². The van der Waals surface area contributed by atoms with Crippen molar-refractivity contribution in [3.63, 3.8) is 0 Å². The molecule has 0 aliphatic heterocycles. The van der Waals surface area contributed by atoms with E-state index in [0.29, 0.717) is 0 Å². The number of nitrogens with zero attached hydrogens (tertiary/aromatic N) is 2. The van der Waals surface area contributed by atoms with Crippen LogP contribution in [0.3, 0.4) is 0 Å². The Hall–Kier alpha value is -0.920. The molecular weight excluding hydrogens is 172 g/mol. The summed E-state index contributed by atoms with van der Waals surface area (Å²) in [5.74, 6) is 0. The fourth-order valence-corrected chi connectivity index (χ4v) is 1.31. The van der Waals surface area contributed by atoms with Crippen molar-refractivity contribution in [2.24, 2.45) is 0 Å². The van der Waals surface area contributed by atoms with Gasteiger partial charge in [-0.2, -0.15) is 10.2 Å². The van der Waals surface area contributed by atoms with Crippen molar-refractivity contribution in [2.45, 2.75) is 53.9 Å². The second-order valence-corrected chi connectivity index (χ2v) is 4.23. The lowest BCUT2D eigenvalue weighted by molar-refractivity contribution is 0.577. The van der Waals surface area contributed by atoms with Gasteiger partial charge in [-0.3, -0.25) is 0 Å². The summed E-state index contributed by atoms with van der Waals surface area (Å²) in [6.07, 6.45) is 0. The molecule has 2 nitrogen and oxygen atoms in total. The summed E-state index contributed by atoms with van der Waals surface area (Å²) < 4.78 is 0. The Morgan fingerprint density at radius 2 is 1.50 bits per heavy atom. The molecule has 0 fully saturated rings. The zero-order valence-corrected chi connectivity index (χ0v) is 10.5. The maximum Gasteiger partial charge on any atom is 0.0637 e. The Balaban J connectivity index is 0.000000791. The van der Waals surface area contributed by atoms with Crippen LogP contribution in [0.1, 0.15) is 51.6 Å². The van der Waals surface area contributed by atoms with Gasteiger partial charge in [0, 0.05) is 0 Å². The van der Waals surface area contributed by atoms with Crippen LogP contribution in [-0.4, -0.2) is 10.2 Å². The fourth-order valence-electron chi connectivity index (χ4n) is 1.31. The Labute approximate surface area is 87.8 Å². The first kappa shape index (κ1) is 13.1. The molecule has 1 rings (SSSR count). The van der Waals surface area contributed by atoms with Crippen LogP contribution >= 0.6 is 0 Å². The Morgan fingerprint density at radius 3 is 1.86 bits per heavy atom. The van der Waals surface area contributed by atoms with Gasteiger partial charge in [0.2, 0.25) is 0 Å². The lowest BCUT2D eigenvalue weighted by atomic mass is 9.86. The SMILES string of the molecule is CC.Cc1cc(C(C)(C)C)c(C)nn1. The Kier molecular flexibility index (Phi) is 4.75. The largest absolute Gasteiger partial charge is 0.156 e. The van der Waals surface area contributed by atoms with E-state index in [1.54, 1.807) is 0 Å². The zero-order valence-electron chi connectivity index (χ0n) is 10.5. The minimum atomic E-state index is 0.171. The predicted molar refractivity (Wildman–Crippen MR) is 61.6 cm³/mol.